The molecule has 1 aliphatic carbocycles. The molecule has 0 aliphatic heterocycles. The lowest BCUT2D eigenvalue weighted by Gasteiger charge is -2.35. The van der Waals surface area contributed by atoms with Crippen LogP contribution in [0.2, 0.25) is 0 Å². The maximum Gasteiger partial charge on any atom is 0.331 e. The first-order valence-corrected chi connectivity index (χ1v) is 9.93. The van der Waals surface area contributed by atoms with Crippen molar-refractivity contribution in [1.82, 2.24) is 9.88 Å². The third kappa shape index (κ3) is 4.64. The predicted molar refractivity (Wildman–Crippen MR) is 108 cm³/mol. The molecule has 0 radical (unpaired) electrons. The molecule has 1 aliphatic rings. The maximum absolute atomic E-state index is 12.8. The zero-order valence-electron chi connectivity index (χ0n) is 17.6. The van der Waals surface area contributed by atoms with E-state index in [9.17, 15) is 14.9 Å². The predicted octanol–water partition coefficient (Wildman–Crippen LogP) is 3.66. The molecule has 1 heterocycles. The number of hydrogen-bond acceptors (Lipinski definition) is 4. The molecule has 28 heavy (non-hydrogen) atoms. The van der Waals surface area contributed by atoms with Crippen LogP contribution in [-0.4, -0.2) is 29.1 Å². The van der Waals surface area contributed by atoms with Gasteiger partial charge in [0.25, 0.3) is 5.91 Å². The minimum Gasteiger partial charge on any atom is -0.467 e. The standard InChI is InChI=1S/C22H31N3O3/c1-15(2)14-25-16(3)11-18(17(25)4)12-19(13-23)20(26)24-22(21(27)28-5)9-7-6-8-10-22/h11-12,15H,6-10,14H2,1-5H3,(H,24,26)/b19-12+. The zero-order chi connectivity index (χ0) is 20.9. The summed E-state index contributed by atoms with van der Waals surface area (Å²) in [5, 5.41) is 12.4. The van der Waals surface area contributed by atoms with Crippen LogP contribution in [0.15, 0.2) is 11.6 Å². The molecule has 1 amide bonds. The van der Waals surface area contributed by atoms with Crippen LogP contribution < -0.4 is 5.32 Å². The molecule has 1 aromatic rings. The van der Waals surface area contributed by atoms with Gasteiger partial charge in [0.2, 0.25) is 0 Å². The highest BCUT2D eigenvalue weighted by Gasteiger charge is 2.42. The Morgan fingerprint density at radius 2 is 1.96 bits per heavy atom. The molecule has 0 saturated heterocycles. The number of ether oxygens (including phenoxy) is 1. The van der Waals surface area contributed by atoms with Gasteiger partial charge in [-0.1, -0.05) is 33.1 Å². The SMILES string of the molecule is COC(=O)C1(NC(=O)/C(C#N)=C/c2cc(C)n(CC(C)C)c2C)CCCCC1. The normalized spacial score (nSPS) is 16.5. The third-order valence-electron chi connectivity index (χ3n) is 5.46. The van der Waals surface area contributed by atoms with Crippen molar-refractivity contribution in [3.05, 3.63) is 28.6 Å². The number of nitrogens with one attached hydrogen (secondary N) is 1. The highest BCUT2D eigenvalue weighted by molar-refractivity contribution is 6.04. The number of aryl methyl sites for hydroxylation is 1. The van der Waals surface area contributed by atoms with Gasteiger partial charge in [-0.05, 0) is 50.3 Å². The van der Waals surface area contributed by atoms with Crippen molar-refractivity contribution in [3.8, 4) is 6.07 Å². The van der Waals surface area contributed by atoms with E-state index in [0.717, 1.165) is 42.8 Å². The van der Waals surface area contributed by atoms with Crippen LogP contribution in [0, 0.1) is 31.1 Å². The number of aromatic nitrogens is 1. The lowest BCUT2D eigenvalue weighted by atomic mass is 9.81. The van der Waals surface area contributed by atoms with Crippen molar-refractivity contribution in [1.29, 1.82) is 5.26 Å². The van der Waals surface area contributed by atoms with E-state index < -0.39 is 17.4 Å². The molecule has 152 valence electrons. The summed E-state index contributed by atoms with van der Waals surface area (Å²) in [7, 11) is 1.33. The molecule has 2 rings (SSSR count). The number of esters is 1. The smallest absolute Gasteiger partial charge is 0.331 e. The molecule has 6 nitrogen and oxygen atoms in total. The fraction of sp³-hybridized carbons (Fsp3) is 0.591. The summed E-state index contributed by atoms with van der Waals surface area (Å²) >= 11 is 0. The van der Waals surface area contributed by atoms with E-state index in [2.05, 4.69) is 23.7 Å². The van der Waals surface area contributed by atoms with Gasteiger partial charge in [0.05, 0.1) is 7.11 Å². The zero-order valence-corrected chi connectivity index (χ0v) is 17.6. The summed E-state index contributed by atoms with van der Waals surface area (Å²) in [5.41, 5.74) is 1.92. The number of carbonyl (C=O) groups is 2. The summed E-state index contributed by atoms with van der Waals surface area (Å²) in [6.07, 6.45) is 5.40. The van der Waals surface area contributed by atoms with Crippen LogP contribution in [0.4, 0.5) is 0 Å². The average Bonchev–Trinajstić information content (AvgIpc) is 2.92. The van der Waals surface area contributed by atoms with Crippen LogP contribution in [-0.2, 0) is 20.9 Å². The molecule has 0 unspecified atom stereocenters. The number of methoxy groups -OCH3 is 1. The molecule has 0 aromatic carbocycles. The number of carbonyl (C=O) groups excluding carboxylic acids is 2. The Hall–Kier alpha value is -2.55. The number of nitrogens with zero attached hydrogens (tertiary/aromatic N) is 2. The van der Waals surface area contributed by atoms with Crippen molar-refractivity contribution in [3.63, 3.8) is 0 Å². The Bertz CT molecular complexity index is 806. The second-order valence-corrected chi connectivity index (χ2v) is 8.09. The monoisotopic (exact) mass is 385 g/mol. The fourth-order valence-corrected chi connectivity index (χ4v) is 3.94. The lowest BCUT2D eigenvalue weighted by Crippen LogP contribution is -2.56. The highest BCUT2D eigenvalue weighted by atomic mass is 16.5. The van der Waals surface area contributed by atoms with Gasteiger partial charge in [0, 0.05) is 17.9 Å². The fourth-order valence-electron chi connectivity index (χ4n) is 3.94. The first-order valence-electron chi connectivity index (χ1n) is 9.93. The van der Waals surface area contributed by atoms with Crippen LogP contribution in [0.3, 0.4) is 0 Å². The molecule has 0 atom stereocenters. The van der Waals surface area contributed by atoms with Gasteiger partial charge in [-0.3, -0.25) is 4.79 Å². The van der Waals surface area contributed by atoms with E-state index in [1.54, 1.807) is 6.08 Å². The van der Waals surface area contributed by atoms with Crippen molar-refractivity contribution < 1.29 is 14.3 Å². The van der Waals surface area contributed by atoms with Gasteiger partial charge < -0.3 is 14.6 Å². The van der Waals surface area contributed by atoms with E-state index >= 15 is 0 Å². The lowest BCUT2D eigenvalue weighted by molar-refractivity contribution is -0.152. The van der Waals surface area contributed by atoms with Gasteiger partial charge in [0.15, 0.2) is 0 Å². The van der Waals surface area contributed by atoms with Gasteiger partial charge >= 0.3 is 5.97 Å². The topological polar surface area (TPSA) is 84.1 Å². The highest BCUT2D eigenvalue weighted by Crippen LogP contribution is 2.30. The Morgan fingerprint density at radius 3 is 2.50 bits per heavy atom. The van der Waals surface area contributed by atoms with Crippen molar-refractivity contribution >= 4 is 18.0 Å². The minimum atomic E-state index is -1.03. The number of amides is 1. The van der Waals surface area contributed by atoms with Crippen LogP contribution in [0.5, 0.6) is 0 Å². The maximum atomic E-state index is 12.8. The summed E-state index contributed by atoms with van der Waals surface area (Å²) < 4.78 is 7.14. The van der Waals surface area contributed by atoms with E-state index in [0.29, 0.717) is 18.8 Å². The molecular formula is C22H31N3O3. The third-order valence-corrected chi connectivity index (χ3v) is 5.46. The van der Waals surface area contributed by atoms with Gasteiger partial charge in [0.1, 0.15) is 17.2 Å². The van der Waals surface area contributed by atoms with Crippen molar-refractivity contribution in [2.75, 3.05) is 7.11 Å². The molecular weight excluding hydrogens is 354 g/mol. The van der Waals surface area contributed by atoms with Gasteiger partial charge in [-0.15, -0.1) is 0 Å². The first-order chi connectivity index (χ1) is 13.2. The summed E-state index contributed by atoms with van der Waals surface area (Å²) in [4.78, 5) is 25.2. The number of rotatable bonds is 6. The summed E-state index contributed by atoms with van der Waals surface area (Å²) in [5.74, 6) is -0.469. The van der Waals surface area contributed by atoms with Crippen LogP contribution >= 0.6 is 0 Å². The van der Waals surface area contributed by atoms with Crippen LogP contribution in [0.25, 0.3) is 6.08 Å². The molecule has 1 aromatic heterocycles. The van der Waals surface area contributed by atoms with E-state index in [-0.39, 0.29) is 5.57 Å². The minimum absolute atomic E-state index is 0.00125. The Balaban J connectivity index is 2.30. The Morgan fingerprint density at radius 1 is 1.32 bits per heavy atom. The quantitative estimate of drug-likeness (QED) is 0.460. The van der Waals surface area contributed by atoms with Gasteiger partial charge in [-0.2, -0.15) is 5.26 Å². The second kappa shape index (κ2) is 9.09. The summed E-state index contributed by atoms with van der Waals surface area (Å²) in [6, 6.07) is 3.98. The molecule has 1 saturated carbocycles. The average molecular weight is 386 g/mol. The van der Waals surface area contributed by atoms with Crippen molar-refractivity contribution in [2.24, 2.45) is 5.92 Å². The van der Waals surface area contributed by atoms with Gasteiger partial charge in [-0.25, -0.2) is 4.79 Å². The summed E-state index contributed by atoms with van der Waals surface area (Å²) in [6.45, 7) is 9.20. The van der Waals surface area contributed by atoms with Crippen molar-refractivity contribution in [2.45, 2.75) is 71.9 Å². The second-order valence-electron chi connectivity index (χ2n) is 8.09. The van der Waals surface area contributed by atoms with E-state index in [1.165, 1.54) is 7.11 Å². The molecule has 0 bridgehead atoms. The molecule has 1 fully saturated rings. The first kappa shape index (κ1) is 21.7. The Labute approximate surface area is 167 Å². The number of hydrogen-bond donors (Lipinski definition) is 1. The largest absolute Gasteiger partial charge is 0.467 e. The van der Waals surface area contributed by atoms with Crippen LogP contribution in [0.1, 0.15) is 62.9 Å². The number of nitriles is 1. The van der Waals surface area contributed by atoms with E-state index in [4.69, 9.17) is 4.74 Å². The Kier molecular flexibility index (Phi) is 7.06. The molecule has 0 spiro atoms. The molecule has 6 heteroatoms. The van der Waals surface area contributed by atoms with E-state index in [1.807, 2.05) is 26.0 Å². The molecule has 1 N–H and O–H groups in total.